The summed E-state index contributed by atoms with van der Waals surface area (Å²) in [5, 5.41) is 12.0. The molecular weight excluding hydrogens is 312 g/mol. The van der Waals surface area contributed by atoms with E-state index in [2.05, 4.69) is 21.2 Å². The molecule has 0 fully saturated rings. The highest BCUT2D eigenvalue weighted by Crippen LogP contribution is 2.37. The van der Waals surface area contributed by atoms with Gasteiger partial charge in [0.15, 0.2) is 0 Å². The first-order valence-corrected chi connectivity index (χ1v) is 6.69. The Bertz CT molecular complexity index is 543. The smallest absolute Gasteiger partial charge is 0.305 e. The van der Waals surface area contributed by atoms with E-state index in [1.807, 2.05) is 18.2 Å². The summed E-state index contributed by atoms with van der Waals surface area (Å²) in [4.78, 5) is 24.7. The fourth-order valence-corrected chi connectivity index (χ4v) is 2.70. The molecule has 0 aliphatic carbocycles. The Kier molecular flexibility index (Phi) is 3.54. The molecular formula is C13H15BrN2O3. The van der Waals surface area contributed by atoms with Crippen molar-refractivity contribution in [2.75, 3.05) is 16.8 Å². The molecule has 0 atom stereocenters. The van der Waals surface area contributed by atoms with Crippen molar-refractivity contribution in [3.8, 4) is 0 Å². The number of nitrogens with one attached hydrogen (secondary N) is 1. The van der Waals surface area contributed by atoms with Crippen molar-refractivity contribution in [1.29, 1.82) is 0 Å². The number of carboxylic acid groups (broad SMARTS) is 1. The number of aliphatic carboxylic acids is 1. The lowest BCUT2D eigenvalue weighted by Gasteiger charge is -2.41. The number of nitrogens with zero attached hydrogens (tertiary/aromatic N) is 1. The minimum atomic E-state index is -0.921. The Morgan fingerprint density at radius 3 is 2.84 bits per heavy atom. The fraction of sp³-hybridized carbons (Fsp3) is 0.385. The molecule has 0 saturated heterocycles. The van der Waals surface area contributed by atoms with E-state index in [1.54, 1.807) is 18.7 Å². The Morgan fingerprint density at radius 1 is 1.53 bits per heavy atom. The zero-order valence-electron chi connectivity index (χ0n) is 10.7. The molecule has 2 N–H and O–H groups in total. The molecule has 1 aliphatic heterocycles. The lowest BCUT2D eigenvalue weighted by molar-refractivity contribution is -0.138. The van der Waals surface area contributed by atoms with Crippen LogP contribution in [0.5, 0.6) is 0 Å². The Labute approximate surface area is 119 Å². The van der Waals surface area contributed by atoms with Gasteiger partial charge in [-0.15, -0.1) is 0 Å². The second-order valence-electron chi connectivity index (χ2n) is 5.13. The zero-order valence-corrected chi connectivity index (χ0v) is 12.3. The molecule has 5 nitrogen and oxygen atoms in total. The van der Waals surface area contributed by atoms with Gasteiger partial charge >= 0.3 is 5.97 Å². The molecule has 0 spiro atoms. The van der Waals surface area contributed by atoms with Crippen LogP contribution in [0.4, 0.5) is 11.4 Å². The molecule has 2 rings (SSSR count). The van der Waals surface area contributed by atoms with Crippen molar-refractivity contribution >= 4 is 39.2 Å². The third-order valence-corrected chi connectivity index (χ3v) is 3.56. The van der Waals surface area contributed by atoms with Crippen LogP contribution in [0.1, 0.15) is 20.3 Å². The van der Waals surface area contributed by atoms with E-state index in [4.69, 9.17) is 5.11 Å². The van der Waals surface area contributed by atoms with E-state index in [9.17, 15) is 9.59 Å². The number of fused-ring (bicyclic) bond motifs is 1. The first-order valence-electron chi connectivity index (χ1n) is 5.89. The van der Waals surface area contributed by atoms with Gasteiger partial charge in [-0.05, 0) is 32.0 Å². The number of carbonyl (C=O) groups excluding carboxylic acids is 1. The van der Waals surface area contributed by atoms with Gasteiger partial charge in [0.25, 0.3) is 0 Å². The van der Waals surface area contributed by atoms with Gasteiger partial charge in [-0.25, -0.2) is 0 Å². The molecule has 0 radical (unpaired) electrons. The van der Waals surface area contributed by atoms with Crippen LogP contribution in [0, 0.1) is 0 Å². The molecule has 0 unspecified atom stereocenters. The summed E-state index contributed by atoms with van der Waals surface area (Å²) in [5.74, 6) is -1.05. The fourth-order valence-electron chi connectivity index (χ4n) is 2.34. The van der Waals surface area contributed by atoms with Gasteiger partial charge in [-0.3, -0.25) is 9.59 Å². The first-order chi connectivity index (χ1) is 8.81. The summed E-state index contributed by atoms with van der Waals surface area (Å²) in [7, 11) is 0. The maximum atomic E-state index is 12.1. The Hall–Kier alpha value is -1.56. The van der Waals surface area contributed by atoms with Gasteiger partial charge in [0.2, 0.25) is 5.91 Å². The van der Waals surface area contributed by atoms with Crippen LogP contribution in [0.15, 0.2) is 22.7 Å². The molecule has 0 aromatic heterocycles. The van der Waals surface area contributed by atoms with Crippen LogP contribution in [0.3, 0.4) is 0 Å². The van der Waals surface area contributed by atoms with E-state index in [0.29, 0.717) is 5.69 Å². The molecule has 1 aromatic carbocycles. The summed E-state index contributed by atoms with van der Waals surface area (Å²) < 4.78 is 0.907. The van der Waals surface area contributed by atoms with E-state index in [0.717, 1.165) is 10.2 Å². The molecule has 1 amide bonds. The van der Waals surface area contributed by atoms with Gasteiger partial charge in [0.1, 0.15) is 0 Å². The lowest BCUT2D eigenvalue weighted by atomic mass is 9.95. The molecule has 19 heavy (non-hydrogen) atoms. The summed E-state index contributed by atoms with van der Waals surface area (Å²) in [6, 6.07) is 5.53. The van der Waals surface area contributed by atoms with Crippen molar-refractivity contribution < 1.29 is 14.7 Å². The van der Waals surface area contributed by atoms with Gasteiger partial charge < -0.3 is 15.3 Å². The molecule has 6 heteroatoms. The molecule has 1 aliphatic rings. The van der Waals surface area contributed by atoms with Crippen LogP contribution in [0.2, 0.25) is 0 Å². The van der Waals surface area contributed by atoms with Crippen LogP contribution in [-0.4, -0.2) is 29.1 Å². The maximum absolute atomic E-state index is 12.1. The standard InChI is InChI=1S/C13H15BrN2O3/c1-13(2,6-12(18)19)16-10-4-3-8(14)5-9(10)15-7-11(16)17/h3-5,15H,6-7H2,1-2H3,(H,18,19). The van der Waals surface area contributed by atoms with Crippen LogP contribution in [0.25, 0.3) is 0 Å². The van der Waals surface area contributed by atoms with E-state index in [1.165, 1.54) is 0 Å². The third-order valence-electron chi connectivity index (χ3n) is 3.07. The number of rotatable bonds is 3. The van der Waals surface area contributed by atoms with E-state index in [-0.39, 0.29) is 18.9 Å². The van der Waals surface area contributed by atoms with Gasteiger partial charge in [0, 0.05) is 4.47 Å². The van der Waals surface area contributed by atoms with Gasteiger partial charge in [0.05, 0.1) is 29.9 Å². The van der Waals surface area contributed by atoms with E-state index < -0.39 is 11.5 Å². The number of amides is 1. The summed E-state index contributed by atoms with van der Waals surface area (Å²) in [5.41, 5.74) is 0.770. The van der Waals surface area contributed by atoms with Crippen LogP contribution < -0.4 is 10.2 Å². The number of benzene rings is 1. The molecule has 0 saturated carbocycles. The first kappa shape index (κ1) is 13.9. The Morgan fingerprint density at radius 2 is 2.21 bits per heavy atom. The largest absolute Gasteiger partial charge is 0.481 e. The molecule has 0 bridgehead atoms. The number of carbonyl (C=O) groups is 2. The van der Waals surface area contributed by atoms with Crippen molar-refractivity contribution in [3.05, 3.63) is 22.7 Å². The highest BCUT2D eigenvalue weighted by atomic mass is 79.9. The predicted octanol–water partition coefficient (Wildman–Crippen LogP) is 2.46. The Balaban J connectivity index is 2.46. The zero-order chi connectivity index (χ0) is 14.2. The average Bonchev–Trinajstić information content (AvgIpc) is 2.27. The number of carboxylic acids is 1. The molecule has 102 valence electrons. The topological polar surface area (TPSA) is 69.6 Å². The van der Waals surface area contributed by atoms with Crippen LogP contribution in [-0.2, 0) is 9.59 Å². The normalized spacial score (nSPS) is 14.9. The van der Waals surface area contributed by atoms with Crippen molar-refractivity contribution in [2.45, 2.75) is 25.8 Å². The minimum Gasteiger partial charge on any atom is -0.481 e. The predicted molar refractivity (Wildman–Crippen MR) is 76.4 cm³/mol. The number of hydrogen-bond donors (Lipinski definition) is 2. The van der Waals surface area contributed by atoms with Gasteiger partial charge in [-0.1, -0.05) is 15.9 Å². The SMILES string of the molecule is CC(C)(CC(=O)O)N1C(=O)CNc2cc(Br)ccc21. The minimum absolute atomic E-state index is 0.103. The van der Waals surface area contributed by atoms with Crippen molar-refractivity contribution in [2.24, 2.45) is 0 Å². The highest BCUT2D eigenvalue weighted by molar-refractivity contribution is 9.10. The van der Waals surface area contributed by atoms with Crippen molar-refractivity contribution in [1.82, 2.24) is 0 Å². The highest BCUT2D eigenvalue weighted by Gasteiger charge is 2.37. The number of hydrogen-bond acceptors (Lipinski definition) is 3. The summed E-state index contributed by atoms with van der Waals surface area (Å²) >= 11 is 3.38. The second kappa shape index (κ2) is 4.85. The third kappa shape index (κ3) is 2.73. The van der Waals surface area contributed by atoms with Crippen molar-refractivity contribution in [3.63, 3.8) is 0 Å². The number of halogens is 1. The summed E-state index contributed by atoms with van der Waals surface area (Å²) in [6.07, 6.45) is -0.103. The van der Waals surface area contributed by atoms with E-state index >= 15 is 0 Å². The maximum Gasteiger partial charge on any atom is 0.305 e. The quantitative estimate of drug-likeness (QED) is 0.895. The molecule has 1 aromatic rings. The van der Waals surface area contributed by atoms with Gasteiger partial charge in [-0.2, -0.15) is 0 Å². The summed E-state index contributed by atoms with van der Waals surface area (Å²) in [6.45, 7) is 3.69. The second-order valence-corrected chi connectivity index (χ2v) is 6.04. The monoisotopic (exact) mass is 326 g/mol. The van der Waals surface area contributed by atoms with Crippen LogP contribution >= 0.6 is 15.9 Å². The molecule has 1 heterocycles. The number of anilines is 2. The average molecular weight is 327 g/mol. The lowest BCUT2D eigenvalue weighted by Crippen LogP contribution is -2.53.